The van der Waals surface area contributed by atoms with Crippen LogP contribution < -0.4 is 11.1 Å². The molecule has 0 aromatic carbocycles. The molecule has 4 aliphatic rings. The molecule has 0 aliphatic heterocycles. The fraction of sp³-hybridized carbons (Fsp3) is 1.00. The van der Waals surface area contributed by atoms with E-state index >= 15 is 0 Å². The summed E-state index contributed by atoms with van der Waals surface area (Å²) >= 11 is 0. The first-order chi connectivity index (χ1) is 9.21. The predicted octanol–water partition coefficient (Wildman–Crippen LogP) is 1.89. The minimum absolute atomic E-state index is 0.184. The molecule has 110 valence electrons. The molecule has 4 saturated carbocycles. The van der Waals surface area contributed by atoms with Crippen LogP contribution in [0.1, 0.15) is 51.9 Å². The van der Waals surface area contributed by atoms with Gasteiger partial charge in [-0.25, -0.2) is 0 Å². The van der Waals surface area contributed by atoms with Crippen LogP contribution >= 0.6 is 0 Å². The summed E-state index contributed by atoms with van der Waals surface area (Å²) in [7, 11) is 0. The summed E-state index contributed by atoms with van der Waals surface area (Å²) in [5.74, 6) is 3.56. The fourth-order valence-corrected chi connectivity index (χ4v) is 5.57. The molecular formula is C16H30N2O. The van der Waals surface area contributed by atoms with E-state index in [1.165, 1.54) is 32.1 Å². The van der Waals surface area contributed by atoms with Gasteiger partial charge in [0, 0.05) is 24.7 Å². The topological polar surface area (TPSA) is 58.3 Å². The third-order valence-electron chi connectivity index (χ3n) is 6.38. The van der Waals surface area contributed by atoms with Crippen molar-refractivity contribution >= 4 is 0 Å². The minimum atomic E-state index is 0.184. The SMILES string of the molecule is CCC(CCO)NC1(CN)C2CC3CC(C2)CC1C3. The number of nitrogens with one attached hydrogen (secondary N) is 1. The largest absolute Gasteiger partial charge is 0.396 e. The molecule has 3 nitrogen and oxygen atoms in total. The lowest BCUT2D eigenvalue weighted by molar-refractivity contribution is -0.0750. The molecule has 4 aliphatic carbocycles. The molecule has 3 heteroatoms. The Morgan fingerprint density at radius 3 is 2.16 bits per heavy atom. The molecular weight excluding hydrogens is 236 g/mol. The molecule has 19 heavy (non-hydrogen) atoms. The standard InChI is InChI=1S/C16H30N2O/c1-2-15(3-4-19)18-16(10-17)13-6-11-5-12(8-13)9-14(16)7-11/h11-15,18-19H,2-10,17H2,1H3. The summed E-state index contributed by atoms with van der Waals surface area (Å²) in [6.07, 6.45) is 9.03. The predicted molar refractivity (Wildman–Crippen MR) is 77.7 cm³/mol. The lowest BCUT2D eigenvalue weighted by atomic mass is 9.48. The number of hydrogen-bond acceptors (Lipinski definition) is 3. The third kappa shape index (κ3) is 2.24. The van der Waals surface area contributed by atoms with Gasteiger partial charge in [-0.3, -0.25) is 0 Å². The van der Waals surface area contributed by atoms with E-state index < -0.39 is 0 Å². The normalized spacial score (nSPS) is 45.6. The molecule has 4 fully saturated rings. The van der Waals surface area contributed by atoms with Crippen LogP contribution in [0.5, 0.6) is 0 Å². The van der Waals surface area contributed by atoms with Gasteiger partial charge in [0.05, 0.1) is 0 Å². The highest BCUT2D eigenvalue weighted by atomic mass is 16.3. The van der Waals surface area contributed by atoms with Crippen LogP contribution in [0.3, 0.4) is 0 Å². The second-order valence-corrected chi connectivity index (χ2v) is 7.31. The second-order valence-electron chi connectivity index (χ2n) is 7.31. The molecule has 1 atom stereocenters. The summed E-state index contributed by atoms with van der Waals surface area (Å²) in [4.78, 5) is 0. The van der Waals surface area contributed by atoms with Crippen molar-refractivity contribution < 1.29 is 5.11 Å². The molecule has 0 amide bonds. The van der Waals surface area contributed by atoms with Gasteiger partial charge in [0.15, 0.2) is 0 Å². The van der Waals surface area contributed by atoms with E-state index in [0.29, 0.717) is 6.04 Å². The Labute approximate surface area is 117 Å². The number of hydrogen-bond donors (Lipinski definition) is 3. The van der Waals surface area contributed by atoms with E-state index in [2.05, 4.69) is 12.2 Å². The molecule has 0 aromatic rings. The van der Waals surface area contributed by atoms with Gasteiger partial charge in [0.1, 0.15) is 0 Å². The van der Waals surface area contributed by atoms with Crippen molar-refractivity contribution in [3.63, 3.8) is 0 Å². The van der Waals surface area contributed by atoms with Gasteiger partial charge in [-0.1, -0.05) is 6.92 Å². The number of aliphatic hydroxyl groups excluding tert-OH is 1. The number of nitrogens with two attached hydrogens (primary N) is 1. The van der Waals surface area contributed by atoms with E-state index in [1.54, 1.807) is 0 Å². The van der Waals surface area contributed by atoms with Crippen LogP contribution in [-0.4, -0.2) is 29.8 Å². The van der Waals surface area contributed by atoms with Crippen molar-refractivity contribution in [1.29, 1.82) is 0 Å². The summed E-state index contributed by atoms with van der Waals surface area (Å²) in [6, 6.07) is 0.436. The zero-order valence-electron chi connectivity index (χ0n) is 12.3. The monoisotopic (exact) mass is 266 g/mol. The molecule has 0 spiro atoms. The van der Waals surface area contributed by atoms with Crippen molar-refractivity contribution in [2.75, 3.05) is 13.2 Å². The molecule has 0 aromatic heterocycles. The van der Waals surface area contributed by atoms with Crippen molar-refractivity contribution in [3.8, 4) is 0 Å². The van der Waals surface area contributed by atoms with Gasteiger partial charge in [0.25, 0.3) is 0 Å². The maximum Gasteiger partial charge on any atom is 0.0445 e. The quantitative estimate of drug-likeness (QED) is 0.688. The highest BCUT2D eigenvalue weighted by Crippen LogP contribution is 2.58. The first-order valence-electron chi connectivity index (χ1n) is 8.30. The van der Waals surface area contributed by atoms with E-state index in [1.807, 2.05) is 0 Å². The first-order valence-corrected chi connectivity index (χ1v) is 8.30. The molecule has 4 rings (SSSR count). The summed E-state index contributed by atoms with van der Waals surface area (Å²) in [5, 5.41) is 13.2. The third-order valence-corrected chi connectivity index (χ3v) is 6.38. The Morgan fingerprint density at radius 2 is 1.74 bits per heavy atom. The van der Waals surface area contributed by atoms with Gasteiger partial charge in [0.2, 0.25) is 0 Å². The molecule has 0 saturated heterocycles. The van der Waals surface area contributed by atoms with E-state index in [0.717, 1.165) is 43.1 Å². The Morgan fingerprint density at radius 1 is 1.16 bits per heavy atom. The summed E-state index contributed by atoms with van der Waals surface area (Å²) in [6.45, 7) is 3.28. The van der Waals surface area contributed by atoms with Crippen LogP contribution in [0.25, 0.3) is 0 Å². The zero-order valence-corrected chi connectivity index (χ0v) is 12.3. The number of aliphatic hydroxyl groups is 1. The average Bonchev–Trinajstić information content (AvgIpc) is 2.41. The highest BCUT2D eigenvalue weighted by molar-refractivity contribution is 5.12. The maximum absolute atomic E-state index is 9.23. The smallest absolute Gasteiger partial charge is 0.0445 e. The fourth-order valence-electron chi connectivity index (χ4n) is 5.57. The second kappa shape index (κ2) is 5.34. The van der Waals surface area contributed by atoms with E-state index in [9.17, 15) is 5.11 Å². The molecule has 1 unspecified atom stereocenters. The Balaban J connectivity index is 1.78. The molecule has 4 N–H and O–H groups in total. The molecule has 0 heterocycles. The van der Waals surface area contributed by atoms with Gasteiger partial charge in [-0.2, -0.15) is 0 Å². The lowest BCUT2D eigenvalue weighted by Gasteiger charge is -2.62. The highest BCUT2D eigenvalue weighted by Gasteiger charge is 2.56. The summed E-state index contributed by atoms with van der Waals surface area (Å²) < 4.78 is 0. The zero-order chi connectivity index (χ0) is 13.5. The lowest BCUT2D eigenvalue weighted by Crippen LogP contribution is -2.70. The van der Waals surface area contributed by atoms with Crippen LogP contribution in [-0.2, 0) is 0 Å². The van der Waals surface area contributed by atoms with Gasteiger partial charge >= 0.3 is 0 Å². The van der Waals surface area contributed by atoms with Crippen LogP contribution in [0, 0.1) is 23.7 Å². The van der Waals surface area contributed by atoms with Gasteiger partial charge < -0.3 is 16.2 Å². The molecule has 0 radical (unpaired) electrons. The van der Waals surface area contributed by atoms with Crippen LogP contribution in [0.15, 0.2) is 0 Å². The van der Waals surface area contributed by atoms with Crippen LogP contribution in [0.4, 0.5) is 0 Å². The summed E-state index contributed by atoms with van der Waals surface area (Å²) in [5.41, 5.74) is 6.45. The van der Waals surface area contributed by atoms with Gasteiger partial charge in [-0.05, 0) is 68.6 Å². The van der Waals surface area contributed by atoms with E-state index in [-0.39, 0.29) is 12.1 Å². The minimum Gasteiger partial charge on any atom is -0.396 e. The van der Waals surface area contributed by atoms with Crippen molar-refractivity contribution in [2.24, 2.45) is 29.4 Å². The van der Waals surface area contributed by atoms with Crippen LogP contribution in [0.2, 0.25) is 0 Å². The van der Waals surface area contributed by atoms with Gasteiger partial charge in [-0.15, -0.1) is 0 Å². The average molecular weight is 266 g/mol. The maximum atomic E-state index is 9.23. The van der Waals surface area contributed by atoms with Crippen molar-refractivity contribution in [2.45, 2.75) is 63.5 Å². The Kier molecular flexibility index (Phi) is 3.89. The first kappa shape index (κ1) is 13.8. The Bertz CT molecular complexity index is 290. The molecule has 4 bridgehead atoms. The number of rotatable bonds is 6. The van der Waals surface area contributed by atoms with Crippen molar-refractivity contribution in [3.05, 3.63) is 0 Å². The van der Waals surface area contributed by atoms with Crippen molar-refractivity contribution in [1.82, 2.24) is 5.32 Å². The Hall–Kier alpha value is -0.120. The van der Waals surface area contributed by atoms with E-state index in [4.69, 9.17) is 5.73 Å².